The predicted molar refractivity (Wildman–Crippen MR) is 110 cm³/mol. The number of carbonyl (C=O) groups is 1. The first-order valence-electron chi connectivity index (χ1n) is 9.41. The molecule has 0 aromatic heterocycles. The SMILES string of the molecule is CCNC(=NCC(=O)N1CCCc2ccccc21)NC(C)CCS(C)(=O)=O. The van der Waals surface area contributed by atoms with Gasteiger partial charge in [-0.15, -0.1) is 0 Å². The lowest BCUT2D eigenvalue weighted by Gasteiger charge is -2.29. The Balaban J connectivity index is 1.99. The Bertz CT molecular complexity index is 777. The average molecular weight is 395 g/mol. The Morgan fingerprint density at radius 3 is 2.78 bits per heavy atom. The van der Waals surface area contributed by atoms with Gasteiger partial charge in [0, 0.05) is 31.1 Å². The number of carbonyl (C=O) groups excluding carboxylic acids is 1. The summed E-state index contributed by atoms with van der Waals surface area (Å²) in [5.74, 6) is 0.602. The maximum atomic E-state index is 12.7. The Hall–Kier alpha value is -2.09. The van der Waals surface area contributed by atoms with Crippen molar-refractivity contribution >= 4 is 27.4 Å². The van der Waals surface area contributed by atoms with Crippen molar-refractivity contribution in [3.63, 3.8) is 0 Å². The molecule has 0 aliphatic carbocycles. The van der Waals surface area contributed by atoms with Gasteiger partial charge in [-0.05, 0) is 44.7 Å². The number of aryl methyl sites for hydroxylation is 1. The second kappa shape index (κ2) is 9.73. The van der Waals surface area contributed by atoms with E-state index in [-0.39, 0.29) is 24.2 Å². The first-order valence-corrected chi connectivity index (χ1v) is 11.5. The lowest BCUT2D eigenvalue weighted by atomic mass is 10.0. The summed E-state index contributed by atoms with van der Waals surface area (Å²) in [7, 11) is -3.00. The van der Waals surface area contributed by atoms with Gasteiger partial charge in [0.25, 0.3) is 0 Å². The van der Waals surface area contributed by atoms with E-state index in [0.29, 0.717) is 25.5 Å². The summed E-state index contributed by atoms with van der Waals surface area (Å²) >= 11 is 0. The smallest absolute Gasteiger partial charge is 0.248 e. The van der Waals surface area contributed by atoms with Crippen LogP contribution in [-0.2, 0) is 21.1 Å². The fourth-order valence-corrected chi connectivity index (χ4v) is 3.82. The van der Waals surface area contributed by atoms with Crippen LogP contribution in [0.15, 0.2) is 29.3 Å². The van der Waals surface area contributed by atoms with Gasteiger partial charge in [-0.3, -0.25) is 4.79 Å². The lowest BCUT2D eigenvalue weighted by Crippen LogP contribution is -2.44. The van der Waals surface area contributed by atoms with Crippen molar-refractivity contribution in [2.24, 2.45) is 4.99 Å². The average Bonchev–Trinajstić information content (AvgIpc) is 2.63. The number of fused-ring (bicyclic) bond motifs is 1. The Labute approximate surface area is 162 Å². The number of hydrogen-bond donors (Lipinski definition) is 2. The summed E-state index contributed by atoms with van der Waals surface area (Å²) in [6.07, 6.45) is 3.66. The topological polar surface area (TPSA) is 90.9 Å². The molecule has 2 rings (SSSR count). The van der Waals surface area contributed by atoms with E-state index in [0.717, 1.165) is 18.5 Å². The van der Waals surface area contributed by atoms with Gasteiger partial charge in [-0.1, -0.05) is 18.2 Å². The third-order valence-corrected chi connectivity index (χ3v) is 5.41. The molecule has 1 atom stereocenters. The standard InChI is InChI=1S/C19H30N4O3S/c1-4-20-19(22-15(2)11-13-27(3,25)26)21-14-18(24)23-12-7-9-16-8-5-6-10-17(16)23/h5-6,8,10,15H,4,7,9,11-14H2,1-3H3,(H2,20,21,22). The number of nitrogens with one attached hydrogen (secondary N) is 2. The van der Waals surface area contributed by atoms with Crippen molar-refractivity contribution in [1.82, 2.24) is 10.6 Å². The Kier molecular flexibility index (Phi) is 7.65. The first-order chi connectivity index (χ1) is 12.8. The third-order valence-electron chi connectivity index (χ3n) is 4.43. The van der Waals surface area contributed by atoms with Crippen LogP contribution < -0.4 is 15.5 Å². The number of benzene rings is 1. The molecule has 1 aliphatic rings. The van der Waals surface area contributed by atoms with Crippen LogP contribution in [0.4, 0.5) is 5.69 Å². The molecule has 2 N–H and O–H groups in total. The molecule has 0 saturated heterocycles. The van der Waals surface area contributed by atoms with Crippen molar-refractivity contribution in [2.45, 2.75) is 39.2 Å². The van der Waals surface area contributed by atoms with Crippen molar-refractivity contribution in [2.75, 3.05) is 36.5 Å². The molecule has 0 spiro atoms. The van der Waals surface area contributed by atoms with E-state index in [2.05, 4.69) is 21.7 Å². The number of rotatable bonds is 7. The number of guanidine groups is 1. The van der Waals surface area contributed by atoms with E-state index in [9.17, 15) is 13.2 Å². The number of nitrogens with zero attached hydrogens (tertiary/aromatic N) is 2. The van der Waals surface area contributed by atoms with E-state index < -0.39 is 9.84 Å². The number of aliphatic imine (C=N–C) groups is 1. The molecule has 1 amide bonds. The van der Waals surface area contributed by atoms with Crippen molar-refractivity contribution in [1.29, 1.82) is 0 Å². The van der Waals surface area contributed by atoms with Gasteiger partial charge < -0.3 is 15.5 Å². The molecule has 0 fully saturated rings. The third kappa shape index (κ3) is 6.86. The molecule has 0 saturated carbocycles. The van der Waals surface area contributed by atoms with E-state index in [1.165, 1.54) is 11.8 Å². The summed E-state index contributed by atoms with van der Waals surface area (Å²) in [5.41, 5.74) is 2.17. The van der Waals surface area contributed by atoms with Crippen molar-refractivity contribution in [3.8, 4) is 0 Å². The van der Waals surface area contributed by atoms with Crippen LogP contribution in [0.25, 0.3) is 0 Å². The molecule has 1 aromatic carbocycles. The Morgan fingerprint density at radius 1 is 1.33 bits per heavy atom. The molecular formula is C19H30N4O3S. The first kappa shape index (κ1) is 21.2. The number of amides is 1. The summed E-state index contributed by atoms with van der Waals surface area (Å²) in [6.45, 7) is 5.26. The summed E-state index contributed by atoms with van der Waals surface area (Å²) in [5, 5.41) is 6.28. The van der Waals surface area contributed by atoms with Gasteiger partial charge >= 0.3 is 0 Å². The van der Waals surface area contributed by atoms with Gasteiger partial charge in [0.05, 0.1) is 5.75 Å². The summed E-state index contributed by atoms with van der Waals surface area (Å²) < 4.78 is 22.6. The molecule has 150 valence electrons. The van der Waals surface area contributed by atoms with E-state index in [4.69, 9.17) is 0 Å². The van der Waals surface area contributed by atoms with Gasteiger partial charge in [0.15, 0.2) is 5.96 Å². The quantitative estimate of drug-likeness (QED) is 0.538. The zero-order valence-electron chi connectivity index (χ0n) is 16.4. The van der Waals surface area contributed by atoms with E-state index in [1.807, 2.05) is 32.0 Å². The molecule has 1 aromatic rings. The molecule has 8 heteroatoms. The number of anilines is 1. The van der Waals surface area contributed by atoms with Gasteiger partial charge in [0.1, 0.15) is 16.4 Å². The minimum atomic E-state index is -3.00. The predicted octanol–water partition coefficient (Wildman–Crippen LogP) is 1.34. The van der Waals surface area contributed by atoms with Crippen LogP contribution in [0.1, 0.15) is 32.3 Å². The van der Waals surface area contributed by atoms with Crippen LogP contribution in [-0.4, -0.2) is 58.0 Å². The normalized spacial score (nSPS) is 15.8. The van der Waals surface area contributed by atoms with Gasteiger partial charge in [0.2, 0.25) is 5.91 Å². The van der Waals surface area contributed by atoms with Crippen LogP contribution in [0.5, 0.6) is 0 Å². The van der Waals surface area contributed by atoms with Crippen LogP contribution in [0, 0.1) is 0 Å². The maximum absolute atomic E-state index is 12.7. The van der Waals surface area contributed by atoms with Crippen LogP contribution >= 0.6 is 0 Å². The molecular weight excluding hydrogens is 364 g/mol. The molecule has 1 aliphatic heterocycles. The minimum Gasteiger partial charge on any atom is -0.357 e. The zero-order chi connectivity index (χ0) is 19.9. The monoisotopic (exact) mass is 394 g/mol. The fraction of sp³-hybridized carbons (Fsp3) is 0.579. The molecule has 0 bridgehead atoms. The second-order valence-electron chi connectivity index (χ2n) is 6.94. The van der Waals surface area contributed by atoms with Crippen molar-refractivity contribution in [3.05, 3.63) is 29.8 Å². The fourth-order valence-electron chi connectivity index (χ4n) is 3.04. The second-order valence-corrected chi connectivity index (χ2v) is 9.20. The molecule has 1 heterocycles. The molecule has 0 radical (unpaired) electrons. The van der Waals surface area contributed by atoms with E-state index >= 15 is 0 Å². The zero-order valence-corrected chi connectivity index (χ0v) is 17.2. The minimum absolute atomic E-state index is 0.0388. The molecule has 1 unspecified atom stereocenters. The highest BCUT2D eigenvalue weighted by Crippen LogP contribution is 2.26. The van der Waals surface area contributed by atoms with Gasteiger partial charge in [-0.25, -0.2) is 13.4 Å². The largest absolute Gasteiger partial charge is 0.357 e. The number of sulfone groups is 1. The van der Waals surface area contributed by atoms with Crippen LogP contribution in [0.2, 0.25) is 0 Å². The van der Waals surface area contributed by atoms with Gasteiger partial charge in [-0.2, -0.15) is 0 Å². The summed E-state index contributed by atoms with van der Waals surface area (Å²) in [4.78, 5) is 18.9. The van der Waals surface area contributed by atoms with E-state index in [1.54, 1.807) is 4.90 Å². The lowest BCUT2D eigenvalue weighted by molar-refractivity contribution is -0.117. The number of para-hydroxylation sites is 1. The maximum Gasteiger partial charge on any atom is 0.248 e. The highest BCUT2D eigenvalue weighted by atomic mass is 32.2. The Morgan fingerprint density at radius 2 is 2.07 bits per heavy atom. The molecule has 7 nitrogen and oxygen atoms in total. The highest BCUT2D eigenvalue weighted by molar-refractivity contribution is 7.90. The van der Waals surface area contributed by atoms with Crippen molar-refractivity contribution < 1.29 is 13.2 Å². The van der Waals surface area contributed by atoms with Crippen LogP contribution in [0.3, 0.4) is 0 Å². The summed E-state index contributed by atoms with van der Waals surface area (Å²) in [6, 6.07) is 7.92. The highest BCUT2D eigenvalue weighted by Gasteiger charge is 2.21. The molecule has 27 heavy (non-hydrogen) atoms. The number of hydrogen-bond acceptors (Lipinski definition) is 4.